The van der Waals surface area contributed by atoms with Gasteiger partial charge in [-0.25, -0.2) is 19.6 Å². The maximum absolute atomic E-state index is 14.8. The van der Waals surface area contributed by atoms with Crippen LogP contribution in [0.3, 0.4) is 0 Å². The molecular formula is C21H24F2N4O3S2. The summed E-state index contributed by atoms with van der Waals surface area (Å²) in [6, 6.07) is 1.31. The summed E-state index contributed by atoms with van der Waals surface area (Å²) in [6.45, 7) is 6.00. The van der Waals surface area contributed by atoms with E-state index in [0.717, 1.165) is 37.2 Å². The summed E-state index contributed by atoms with van der Waals surface area (Å²) in [6.07, 6.45) is 11.5. The molecule has 1 aliphatic carbocycles. The number of rotatable bonds is 8. The van der Waals surface area contributed by atoms with Gasteiger partial charge in [-0.3, -0.25) is 0 Å². The summed E-state index contributed by atoms with van der Waals surface area (Å²) in [5, 5.41) is -0.181. The molecule has 0 amide bonds. The van der Waals surface area contributed by atoms with Gasteiger partial charge in [0.15, 0.2) is 11.6 Å². The SMILES string of the molecule is C=C(/C=C\C=C/C)[C@H]1CCCC[C@@H]1Oc1cc(F)c(S(=O)(=O)N(N)c2ncns2)cc1F. The Morgan fingerprint density at radius 3 is 2.72 bits per heavy atom. The highest BCUT2D eigenvalue weighted by Crippen LogP contribution is 2.35. The average Bonchev–Trinajstić information content (AvgIpc) is 3.30. The van der Waals surface area contributed by atoms with E-state index in [-0.39, 0.29) is 21.2 Å². The highest BCUT2D eigenvalue weighted by atomic mass is 32.2. The number of nitrogens with two attached hydrogens (primary N) is 1. The maximum atomic E-state index is 14.8. The van der Waals surface area contributed by atoms with Crippen LogP contribution in [0, 0.1) is 17.6 Å². The van der Waals surface area contributed by atoms with Gasteiger partial charge in [-0.2, -0.15) is 17.2 Å². The minimum Gasteiger partial charge on any atom is -0.487 e. The van der Waals surface area contributed by atoms with Crippen LogP contribution in [-0.2, 0) is 10.0 Å². The predicted octanol–water partition coefficient (Wildman–Crippen LogP) is 4.51. The fraction of sp³-hybridized carbons (Fsp3) is 0.333. The van der Waals surface area contributed by atoms with Gasteiger partial charge in [0, 0.05) is 29.6 Å². The Morgan fingerprint density at radius 1 is 1.28 bits per heavy atom. The van der Waals surface area contributed by atoms with Crippen molar-refractivity contribution < 1.29 is 21.9 Å². The van der Waals surface area contributed by atoms with Crippen molar-refractivity contribution >= 4 is 26.7 Å². The quantitative estimate of drug-likeness (QED) is 0.338. The molecule has 1 fully saturated rings. The van der Waals surface area contributed by atoms with Crippen molar-refractivity contribution in [3.63, 3.8) is 0 Å². The predicted molar refractivity (Wildman–Crippen MR) is 120 cm³/mol. The van der Waals surface area contributed by atoms with Gasteiger partial charge in [-0.1, -0.05) is 37.3 Å². The topological polar surface area (TPSA) is 98.4 Å². The van der Waals surface area contributed by atoms with Gasteiger partial charge in [0.1, 0.15) is 23.1 Å². The Morgan fingerprint density at radius 2 is 2.03 bits per heavy atom. The van der Waals surface area contributed by atoms with E-state index in [4.69, 9.17) is 10.6 Å². The number of aromatic nitrogens is 2. The molecule has 1 aliphatic rings. The number of sulfonamides is 1. The lowest BCUT2D eigenvalue weighted by Gasteiger charge is -2.32. The molecule has 0 aliphatic heterocycles. The molecule has 11 heteroatoms. The number of anilines is 1. The second kappa shape index (κ2) is 10.3. The van der Waals surface area contributed by atoms with E-state index >= 15 is 0 Å². The molecule has 1 heterocycles. The Kier molecular flexibility index (Phi) is 7.75. The van der Waals surface area contributed by atoms with Crippen molar-refractivity contribution in [2.45, 2.75) is 43.6 Å². The number of hydrazine groups is 1. The van der Waals surface area contributed by atoms with Crippen molar-refractivity contribution in [1.29, 1.82) is 0 Å². The van der Waals surface area contributed by atoms with Crippen molar-refractivity contribution in [3.8, 4) is 5.75 Å². The molecule has 0 bridgehead atoms. The minimum absolute atomic E-state index is 0.0620. The lowest BCUT2D eigenvalue weighted by Crippen LogP contribution is -2.38. The van der Waals surface area contributed by atoms with E-state index in [1.54, 1.807) is 0 Å². The summed E-state index contributed by atoms with van der Waals surface area (Å²) in [5.41, 5.74) is 0.837. The normalized spacial score (nSPS) is 19.5. The third-order valence-corrected chi connectivity index (χ3v) is 7.47. The second-order valence-corrected chi connectivity index (χ2v) is 9.79. The van der Waals surface area contributed by atoms with E-state index in [1.807, 2.05) is 31.2 Å². The third kappa shape index (κ3) is 5.22. The number of allylic oxidation sites excluding steroid dienone is 4. The van der Waals surface area contributed by atoms with Crippen LogP contribution in [0.5, 0.6) is 5.75 Å². The lowest BCUT2D eigenvalue weighted by atomic mass is 9.81. The smallest absolute Gasteiger partial charge is 0.282 e. The number of hydrogen-bond acceptors (Lipinski definition) is 7. The summed E-state index contributed by atoms with van der Waals surface area (Å²) in [7, 11) is -4.58. The molecule has 0 unspecified atom stereocenters. The number of halogens is 2. The van der Waals surface area contributed by atoms with Gasteiger partial charge in [0.25, 0.3) is 10.0 Å². The van der Waals surface area contributed by atoms with Crippen molar-refractivity contribution in [2.24, 2.45) is 11.8 Å². The van der Waals surface area contributed by atoms with E-state index in [2.05, 4.69) is 15.9 Å². The van der Waals surface area contributed by atoms with Crippen molar-refractivity contribution in [2.75, 3.05) is 4.41 Å². The monoisotopic (exact) mass is 482 g/mol. The molecule has 172 valence electrons. The third-order valence-electron chi connectivity index (χ3n) is 5.13. The van der Waals surface area contributed by atoms with Crippen LogP contribution in [0.2, 0.25) is 0 Å². The maximum Gasteiger partial charge on any atom is 0.282 e. The lowest BCUT2D eigenvalue weighted by molar-refractivity contribution is 0.107. The fourth-order valence-corrected chi connectivity index (χ4v) is 5.29. The minimum atomic E-state index is -4.58. The van der Waals surface area contributed by atoms with Crippen LogP contribution < -0.4 is 15.0 Å². The van der Waals surface area contributed by atoms with Gasteiger partial charge in [-0.05, 0) is 31.8 Å². The molecule has 2 N–H and O–H groups in total. The summed E-state index contributed by atoms with van der Waals surface area (Å²) in [4.78, 5) is 2.76. The van der Waals surface area contributed by atoms with Crippen LogP contribution >= 0.6 is 11.5 Å². The molecule has 2 atom stereocenters. The molecule has 32 heavy (non-hydrogen) atoms. The summed E-state index contributed by atoms with van der Waals surface area (Å²) < 4.78 is 64.6. The van der Waals surface area contributed by atoms with E-state index in [0.29, 0.717) is 24.0 Å². The zero-order chi connectivity index (χ0) is 23.3. The molecular weight excluding hydrogens is 458 g/mol. The molecule has 1 saturated carbocycles. The molecule has 2 aromatic rings. The molecule has 0 radical (unpaired) electrons. The Balaban J connectivity index is 1.85. The Hall–Kier alpha value is -2.63. The number of benzene rings is 1. The van der Waals surface area contributed by atoms with Gasteiger partial charge in [0.2, 0.25) is 5.13 Å². The van der Waals surface area contributed by atoms with Crippen LogP contribution in [0.4, 0.5) is 13.9 Å². The van der Waals surface area contributed by atoms with E-state index in [9.17, 15) is 17.2 Å². The van der Waals surface area contributed by atoms with Crippen LogP contribution in [0.15, 0.2) is 59.8 Å². The molecule has 7 nitrogen and oxygen atoms in total. The summed E-state index contributed by atoms with van der Waals surface area (Å²) in [5.74, 6) is 2.96. The molecule has 3 rings (SSSR count). The summed E-state index contributed by atoms with van der Waals surface area (Å²) >= 11 is 0.701. The standard InChI is InChI=1S/C21H24F2N4O3S2/c1-3-4-5-8-14(2)15-9-6-7-10-18(15)30-19-11-17(23)20(12-16(19)22)32(28,29)27(24)21-25-13-26-31-21/h3-5,8,11-13,15,18H,2,6-7,9-10,24H2,1H3/b4-3-,8-5-/t15-,18+/m1/s1. The number of hydrogen-bond donors (Lipinski definition) is 1. The average molecular weight is 483 g/mol. The molecule has 1 aromatic carbocycles. The first-order valence-electron chi connectivity index (χ1n) is 9.96. The van der Waals surface area contributed by atoms with Crippen molar-refractivity contribution in [1.82, 2.24) is 9.36 Å². The Bertz CT molecular complexity index is 1120. The van der Waals surface area contributed by atoms with E-state index in [1.165, 1.54) is 0 Å². The first-order chi connectivity index (χ1) is 15.3. The van der Waals surface area contributed by atoms with Gasteiger partial charge >= 0.3 is 0 Å². The van der Waals surface area contributed by atoms with E-state index < -0.39 is 32.7 Å². The highest BCUT2D eigenvalue weighted by Gasteiger charge is 2.32. The first kappa shape index (κ1) is 24.0. The Labute approximate surface area is 190 Å². The highest BCUT2D eigenvalue weighted by molar-refractivity contribution is 7.93. The van der Waals surface area contributed by atoms with Crippen LogP contribution in [-0.4, -0.2) is 23.9 Å². The first-order valence-corrected chi connectivity index (χ1v) is 12.2. The van der Waals surface area contributed by atoms with Gasteiger partial charge in [-0.15, -0.1) is 0 Å². The second-order valence-electron chi connectivity index (χ2n) is 7.24. The van der Waals surface area contributed by atoms with Crippen molar-refractivity contribution in [3.05, 3.63) is 66.6 Å². The molecule has 1 aromatic heterocycles. The van der Waals surface area contributed by atoms with Crippen LogP contribution in [0.1, 0.15) is 32.6 Å². The van der Waals surface area contributed by atoms with Gasteiger partial charge < -0.3 is 4.74 Å². The molecule has 0 saturated heterocycles. The largest absolute Gasteiger partial charge is 0.487 e. The zero-order valence-electron chi connectivity index (χ0n) is 17.4. The fourth-order valence-electron chi connectivity index (χ4n) is 3.51. The zero-order valence-corrected chi connectivity index (χ0v) is 19.1. The number of ether oxygens (including phenoxy) is 1. The van der Waals surface area contributed by atoms with Gasteiger partial charge in [0.05, 0.1) is 0 Å². The van der Waals surface area contributed by atoms with Crippen LogP contribution in [0.25, 0.3) is 0 Å². The molecule has 0 spiro atoms. The number of nitrogens with zero attached hydrogens (tertiary/aromatic N) is 3.